The van der Waals surface area contributed by atoms with Crippen molar-refractivity contribution in [1.82, 2.24) is 10.2 Å². The highest BCUT2D eigenvalue weighted by Crippen LogP contribution is 2.25. The van der Waals surface area contributed by atoms with Gasteiger partial charge in [-0.1, -0.05) is 36.8 Å². The number of benzene rings is 1. The minimum Gasteiger partial charge on any atom is -0.319 e. The Bertz CT molecular complexity index is 399. The molecule has 3 nitrogen and oxygen atoms in total. The summed E-state index contributed by atoms with van der Waals surface area (Å²) in [4.78, 5) is 13.9. The molecule has 0 aromatic heterocycles. The predicted octanol–water partition coefficient (Wildman–Crippen LogP) is 2.22. The average Bonchev–Trinajstić information content (AvgIpc) is 2.71. The molecule has 1 amide bonds. The lowest BCUT2D eigenvalue weighted by Gasteiger charge is -2.30. The smallest absolute Gasteiger partial charge is 0.238 e. The van der Waals surface area contributed by atoms with Gasteiger partial charge in [0, 0.05) is 6.04 Å². The van der Waals surface area contributed by atoms with E-state index in [1.165, 1.54) is 11.1 Å². The zero-order chi connectivity index (χ0) is 12.4. The van der Waals surface area contributed by atoms with Crippen LogP contribution in [0.5, 0.6) is 0 Å². The van der Waals surface area contributed by atoms with Crippen LogP contribution in [-0.4, -0.2) is 23.4 Å². The number of hydrogen-bond donors (Lipinski definition) is 1. The third-order valence-corrected chi connectivity index (χ3v) is 3.47. The van der Waals surface area contributed by atoms with Crippen LogP contribution in [-0.2, 0) is 4.79 Å². The normalized spacial score (nSPS) is 21.9. The average molecular weight is 232 g/mol. The molecule has 1 aromatic rings. The molecule has 17 heavy (non-hydrogen) atoms. The van der Waals surface area contributed by atoms with Crippen LogP contribution in [0, 0.1) is 6.92 Å². The van der Waals surface area contributed by atoms with Crippen molar-refractivity contribution in [2.45, 2.75) is 39.4 Å². The molecular formula is C14H20N2O. The van der Waals surface area contributed by atoms with Crippen LogP contribution in [0.1, 0.15) is 37.6 Å². The van der Waals surface area contributed by atoms with Gasteiger partial charge in [0.2, 0.25) is 5.91 Å². The SMILES string of the molecule is CCC(C)N1C(=O)CNC1c1ccc(C)cc1. The molecule has 0 bridgehead atoms. The molecule has 1 aromatic carbocycles. The maximum Gasteiger partial charge on any atom is 0.238 e. The molecular weight excluding hydrogens is 212 g/mol. The number of carbonyl (C=O) groups excluding carboxylic acids is 1. The quantitative estimate of drug-likeness (QED) is 0.866. The second-order valence-corrected chi connectivity index (χ2v) is 4.75. The Balaban J connectivity index is 2.25. The molecule has 3 heteroatoms. The molecule has 0 radical (unpaired) electrons. The van der Waals surface area contributed by atoms with Crippen molar-refractivity contribution in [3.05, 3.63) is 35.4 Å². The first kappa shape index (κ1) is 12.1. The number of amides is 1. The zero-order valence-corrected chi connectivity index (χ0v) is 10.7. The number of nitrogens with zero attached hydrogens (tertiary/aromatic N) is 1. The van der Waals surface area contributed by atoms with E-state index in [4.69, 9.17) is 0 Å². The first-order valence-electron chi connectivity index (χ1n) is 6.24. The van der Waals surface area contributed by atoms with Gasteiger partial charge in [-0.15, -0.1) is 0 Å². The second-order valence-electron chi connectivity index (χ2n) is 4.75. The number of aryl methyl sites for hydroxylation is 1. The van der Waals surface area contributed by atoms with Gasteiger partial charge in [-0.05, 0) is 25.8 Å². The van der Waals surface area contributed by atoms with Gasteiger partial charge in [-0.3, -0.25) is 10.1 Å². The van der Waals surface area contributed by atoms with E-state index in [0.29, 0.717) is 6.54 Å². The van der Waals surface area contributed by atoms with Crippen LogP contribution in [0.4, 0.5) is 0 Å². The summed E-state index contributed by atoms with van der Waals surface area (Å²) in [5, 5.41) is 3.28. The van der Waals surface area contributed by atoms with Gasteiger partial charge in [0.1, 0.15) is 6.17 Å². The van der Waals surface area contributed by atoms with Gasteiger partial charge in [0.15, 0.2) is 0 Å². The van der Waals surface area contributed by atoms with E-state index in [1.54, 1.807) is 0 Å². The summed E-state index contributed by atoms with van der Waals surface area (Å²) in [5.41, 5.74) is 2.41. The molecule has 2 atom stereocenters. The lowest BCUT2D eigenvalue weighted by molar-refractivity contribution is -0.130. The van der Waals surface area contributed by atoms with E-state index >= 15 is 0 Å². The lowest BCUT2D eigenvalue weighted by Crippen LogP contribution is -2.37. The Morgan fingerprint density at radius 2 is 2.06 bits per heavy atom. The van der Waals surface area contributed by atoms with Crippen LogP contribution in [0.3, 0.4) is 0 Å². The van der Waals surface area contributed by atoms with Crippen molar-refractivity contribution < 1.29 is 4.79 Å². The summed E-state index contributed by atoms with van der Waals surface area (Å²) in [7, 11) is 0. The van der Waals surface area contributed by atoms with Gasteiger partial charge in [0.05, 0.1) is 6.54 Å². The van der Waals surface area contributed by atoms with Crippen molar-refractivity contribution in [2.24, 2.45) is 0 Å². The van der Waals surface area contributed by atoms with Crippen LogP contribution in [0.15, 0.2) is 24.3 Å². The van der Waals surface area contributed by atoms with Crippen LogP contribution < -0.4 is 5.32 Å². The molecule has 1 fully saturated rings. The van der Waals surface area contributed by atoms with E-state index in [0.717, 1.165) is 6.42 Å². The topological polar surface area (TPSA) is 32.3 Å². The molecule has 0 saturated carbocycles. The van der Waals surface area contributed by atoms with Crippen molar-refractivity contribution >= 4 is 5.91 Å². The summed E-state index contributed by atoms with van der Waals surface area (Å²) < 4.78 is 0. The second kappa shape index (κ2) is 4.88. The van der Waals surface area contributed by atoms with Gasteiger partial charge in [0.25, 0.3) is 0 Å². The summed E-state index contributed by atoms with van der Waals surface area (Å²) >= 11 is 0. The van der Waals surface area contributed by atoms with E-state index in [-0.39, 0.29) is 18.1 Å². The lowest BCUT2D eigenvalue weighted by atomic mass is 10.1. The number of carbonyl (C=O) groups is 1. The fraction of sp³-hybridized carbons (Fsp3) is 0.500. The summed E-state index contributed by atoms with van der Waals surface area (Å²) in [6.45, 7) is 6.74. The molecule has 1 N–H and O–H groups in total. The van der Waals surface area contributed by atoms with Gasteiger partial charge < -0.3 is 4.90 Å². The molecule has 1 aliphatic rings. The highest BCUT2D eigenvalue weighted by atomic mass is 16.2. The molecule has 2 unspecified atom stereocenters. The van der Waals surface area contributed by atoms with Gasteiger partial charge in [-0.2, -0.15) is 0 Å². The van der Waals surface area contributed by atoms with E-state index in [9.17, 15) is 4.79 Å². The summed E-state index contributed by atoms with van der Waals surface area (Å²) in [5.74, 6) is 0.199. The predicted molar refractivity (Wildman–Crippen MR) is 68.5 cm³/mol. The highest BCUT2D eigenvalue weighted by Gasteiger charge is 2.33. The van der Waals surface area contributed by atoms with E-state index in [1.807, 2.05) is 4.90 Å². The molecule has 92 valence electrons. The van der Waals surface area contributed by atoms with Crippen molar-refractivity contribution in [2.75, 3.05) is 6.54 Å². The molecule has 1 heterocycles. The Morgan fingerprint density at radius 1 is 1.41 bits per heavy atom. The maximum absolute atomic E-state index is 11.9. The number of nitrogens with one attached hydrogen (secondary N) is 1. The highest BCUT2D eigenvalue weighted by molar-refractivity contribution is 5.81. The van der Waals surface area contributed by atoms with Crippen LogP contribution in [0.2, 0.25) is 0 Å². The molecule has 0 spiro atoms. The largest absolute Gasteiger partial charge is 0.319 e. The third-order valence-electron chi connectivity index (χ3n) is 3.47. The Kier molecular flexibility index (Phi) is 3.48. The molecule has 2 rings (SSSR count). The summed E-state index contributed by atoms with van der Waals surface area (Å²) in [6.07, 6.45) is 1.02. The minimum absolute atomic E-state index is 0.0399. The minimum atomic E-state index is 0.0399. The fourth-order valence-electron chi connectivity index (χ4n) is 2.24. The van der Waals surface area contributed by atoms with Crippen LogP contribution in [0.25, 0.3) is 0 Å². The number of rotatable bonds is 3. The van der Waals surface area contributed by atoms with E-state index in [2.05, 4.69) is 50.4 Å². The van der Waals surface area contributed by atoms with Crippen LogP contribution >= 0.6 is 0 Å². The van der Waals surface area contributed by atoms with Crippen molar-refractivity contribution in [1.29, 1.82) is 0 Å². The molecule has 1 saturated heterocycles. The fourth-order valence-corrected chi connectivity index (χ4v) is 2.24. The first-order valence-corrected chi connectivity index (χ1v) is 6.24. The number of hydrogen-bond acceptors (Lipinski definition) is 2. The van der Waals surface area contributed by atoms with E-state index < -0.39 is 0 Å². The van der Waals surface area contributed by atoms with Crippen molar-refractivity contribution in [3.8, 4) is 0 Å². The van der Waals surface area contributed by atoms with Gasteiger partial charge in [-0.25, -0.2) is 0 Å². The Morgan fingerprint density at radius 3 is 2.65 bits per heavy atom. The summed E-state index contributed by atoms with van der Waals surface area (Å²) in [6, 6.07) is 8.66. The zero-order valence-electron chi connectivity index (χ0n) is 10.7. The Hall–Kier alpha value is -1.35. The van der Waals surface area contributed by atoms with Crippen molar-refractivity contribution in [3.63, 3.8) is 0 Å². The Labute approximate surface area is 103 Å². The van der Waals surface area contributed by atoms with Gasteiger partial charge >= 0.3 is 0 Å². The standard InChI is InChI=1S/C14H20N2O/c1-4-11(3)16-13(17)9-15-14(16)12-7-5-10(2)6-8-12/h5-8,11,14-15H,4,9H2,1-3H3. The maximum atomic E-state index is 11.9. The molecule has 1 aliphatic heterocycles. The first-order chi connectivity index (χ1) is 8.13. The molecule has 0 aliphatic carbocycles. The third kappa shape index (κ3) is 2.34. The monoisotopic (exact) mass is 232 g/mol.